The summed E-state index contributed by atoms with van der Waals surface area (Å²) in [7, 11) is 1.49. The summed E-state index contributed by atoms with van der Waals surface area (Å²) in [6.07, 6.45) is 3.83. The number of piperazine rings is 1. The molecule has 0 aromatic heterocycles. The molecular formula is C30H35N3O3. The van der Waals surface area contributed by atoms with Gasteiger partial charge in [0.1, 0.15) is 0 Å². The fourth-order valence-electron chi connectivity index (χ4n) is 4.69. The van der Waals surface area contributed by atoms with Gasteiger partial charge < -0.3 is 20.5 Å². The van der Waals surface area contributed by atoms with Crippen LogP contribution >= 0.6 is 0 Å². The average molecular weight is 486 g/mol. The Balaban J connectivity index is 1.29. The lowest BCUT2D eigenvalue weighted by atomic mass is 9.96. The highest BCUT2D eigenvalue weighted by molar-refractivity contribution is 5.97. The van der Waals surface area contributed by atoms with Gasteiger partial charge in [0.15, 0.2) is 17.3 Å². The zero-order valence-electron chi connectivity index (χ0n) is 20.8. The number of benzene rings is 3. The maximum absolute atomic E-state index is 12.5. The molecule has 0 spiro atoms. The Hall–Kier alpha value is -3.45. The first-order valence-electron chi connectivity index (χ1n) is 12.5. The largest absolute Gasteiger partial charge is 0.504 e. The van der Waals surface area contributed by atoms with Gasteiger partial charge >= 0.3 is 0 Å². The van der Waals surface area contributed by atoms with Crippen LogP contribution < -0.4 is 10.5 Å². The highest BCUT2D eigenvalue weighted by Gasteiger charge is 2.26. The number of phenols is 1. The molecule has 1 aliphatic heterocycles. The number of ether oxygens (including phenoxy) is 1. The first-order valence-corrected chi connectivity index (χ1v) is 12.5. The first kappa shape index (κ1) is 25.6. The van der Waals surface area contributed by atoms with Crippen LogP contribution in [0.3, 0.4) is 0 Å². The van der Waals surface area contributed by atoms with Gasteiger partial charge in [0.25, 0.3) is 0 Å². The molecule has 1 fully saturated rings. The van der Waals surface area contributed by atoms with Crippen LogP contribution in [0, 0.1) is 0 Å². The van der Waals surface area contributed by atoms with Crippen LogP contribution in [0.5, 0.6) is 11.5 Å². The number of nitrogens with zero attached hydrogens (tertiary/aromatic N) is 2. The van der Waals surface area contributed by atoms with Gasteiger partial charge in [-0.2, -0.15) is 0 Å². The number of ketones is 1. The molecule has 6 heteroatoms. The van der Waals surface area contributed by atoms with Gasteiger partial charge in [0, 0.05) is 32.7 Å². The van der Waals surface area contributed by atoms with Crippen LogP contribution in [-0.4, -0.2) is 66.6 Å². The van der Waals surface area contributed by atoms with E-state index in [4.69, 9.17) is 10.5 Å². The van der Waals surface area contributed by atoms with Gasteiger partial charge in [-0.1, -0.05) is 72.8 Å². The molecule has 6 nitrogen and oxygen atoms in total. The van der Waals surface area contributed by atoms with E-state index in [0.717, 1.165) is 38.3 Å². The maximum Gasteiger partial charge on any atom is 0.172 e. The van der Waals surface area contributed by atoms with Crippen molar-refractivity contribution in [3.63, 3.8) is 0 Å². The summed E-state index contributed by atoms with van der Waals surface area (Å²) in [4.78, 5) is 17.5. The molecule has 0 aliphatic carbocycles. The second-order valence-electron chi connectivity index (χ2n) is 9.16. The van der Waals surface area contributed by atoms with Gasteiger partial charge in [-0.25, -0.2) is 0 Å². The maximum atomic E-state index is 12.5. The zero-order valence-corrected chi connectivity index (χ0v) is 20.8. The summed E-state index contributed by atoms with van der Waals surface area (Å²) >= 11 is 0. The lowest BCUT2D eigenvalue weighted by Crippen LogP contribution is -2.49. The summed E-state index contributed by atoms with van der Waals surface area (Å²) in [6, 6.07) is 26.0. The first-order chi connectivity index (χ1) is 17.5. The molecule has 1 unspecified atom stereocenters. The Kier molecular flexibility index (Phi) is 8.90. The van der Waals surface area contributed by atoms with Crippen molar-refractivity contribution in [3.8, 4) is 11.5 Å². The molecule has 0 bridgehead atoms. The Labute approximate surface area is 213 Å². The van der Waals surface area contributed by atoms with Gasteiger partial charge in [0.05, 0.1) is 19.2 Å². The number of rotatable bonds is 10. The third kappa shape index (κ3) is 6.61. The quantitative estimate of drug-likeness (QED) is 0.421. The monoisotopic (exact) mass is 485 g/mol. The molecular weight excluding hydrogens is 450 g/mol. The lowest BCUT2D eigenvalue weighted by Gasteiger charge is -2.40. The number of phenolic OH excluding ortho intramolecular Hbond substituents is 1. The number of aromatic hydroxyl groups is 1. The average Bonchev–Trinajstić information content (AvgIpc) is 2.93. The molecule has 3 N–H and O–H groups in total. The van der Waals surface area contributed by atoms with Crippen molar-refractivity contribution in [2.45, 2.75) is 18.5 Å². The highest BCUT2D eigenvalue weighted by atomic mass is 16.5. The van der Waals surface area contributed by atoms with E-state index in [0.29, 0.717) is 12.2 Å². The topological polar surface area (TPSA) is 79.0 Å². The highest BCUT2D eigenvalue weighted by Crippen LogP contribution is 2.29. The smallest absolute Gasteiger partial charge is 0.172 e. The fraction of sp³-hybridized carbons (Fsp3) is 0.300. The SMILES string of the molecule is COc1cc(C=CC(=O)C(N)CCN2CCN(C(c3ccccc3)c3ccccc3)CC2)ccc1O. The van der Waals surface area contributed by atoms with Crippen LogP contribution in [0.1, 0.15) is 29.2 Å². The molecule has 4 rings (SSSR count). The Morgan fingerprint density at radius 2 is 1.58 bits per heavy atom. The summed E-state index contributed by atoms with van der Waals surface area (Å²) in [5, 5.41) is 9.71. The van der Waals surface area contributed by atoms with E-state index in [1.165, 1.54) is 24.3 Å². The Morgan fingerprint density at radius 3 is 2.17 bits per heavy atom. The van der Waals surface area contributed by atoms with Gasteiger partial charge in [-0.05, 0) is 41.3 Å². The van der Waals surface area contributed by atoms with Crippen LogP contribution in [-0.2, 0) is 4.79 Å². The molecule has 0 amide bonds. The Bertz CT molecular complexity index is 1100. The van der Waals surface area contributed by atoms with Crippen molar-refractivity contribution in [2.24, 2.45) is 5.73 Å². The molecule has 3 aromatic carbocycles. The number of nitrogens with two attached hydrogens (primary N) is 1. The molecule has 1 atom stereocenters. The molecule has 0 saturated carbocycles. The van der Waals surface area contributed by atoms with E-state index < -0.39 is 6.04 Å². The number of hydrogen-bond acceptors (Lipinski definition) is 6. The van der Waals surface area contributed by atoms with Crippen LogP contribution in [0.25, 0.3) is 6.08 Å². The minimum atomic E-state index is -0.542. The normalized spacial score (nSPS) is 15.9. The van der Waals surface area contributed by atoms with Crippen molar-refractivity contribution in [2.75, 3.05) is 39.8 Å². The van der Waals surface area contributed by atoms with Crippen LogP contribution in [0.15, 0.2) is 84.9 Å². The molecule has 3 aromatic rings. The molecule has 1 saturated heterocycles. The fourth-order valence-corrected chi connectivity index (χ4v) is 4.69. The van der Waals surface area contributed by atoms with Crippen molar-refractivity contribution in [1.82, 2.24) is 9.80 Å². The minimum Gasteiger partial charge on any atom is -0.504 e. The van der Waals surface area contributed by atoms with Crippen LogP contribution in [0.4, 0.5) is 0 Å². The Morgan fingerprint density at radius 1 is 0.972 bits per heavy atom. The van der Waals surface area contributed by atoms with Crippen molar-refractivity contribution in [3.05, 3.63) is 102 Å². The van der Waals surface area contributed by atoms with E-state index >= 15 is 0 Å². The minimum absolute atomic E-state index is 0.0663. The van der Waals surface area contributed by atoms with E-state index in [2.05, 4.69) is 70.5 Å². The van der Waals surface area contributed by atoms with E-state index in [1.54, 1.807) is 24.3 Å². The second kappa shape index (κ2) is 12.5. The number of methoxy groups -OCH3 is 1. The third-order valence-electron chi connectivity index (χ3n) is 6.77. The third-order valence-corrected chi connectivity index (χ3v) is 6.77. The van der Waals surface area contributed by atoms with E-state index in [1.807, 2.05) is 0 Å². The van der Waals surface area contributed by atoms with Crippen LogP contribution in [0.2, 0.25) is 0 Å². The second-order valence-corrected chi connectivity index (χ2v) is 9.16. The van der Waals surface area contributed by atoms with Crippen molar-refractivity contribution >= 4 is 11.9 Å². The standard InChI is InChI=1S/C30H35N3O3/c1-36-29-22-23(13-15-28(29)35)12-14-27(34)26(31)16-17-32-18-20-33(21-19-32)30(24-8-4-2-5-9-24)25-10-6-3-7-11-25/h2-15,22,26,30,35H,16-21,31H2,1H3. The predicted octanol–water partition coefficient (Wildman–Crippen LogP) is 4.11. The van der Waals surface area contributed by atoms with Gasteiger partial charge in [-0.3, -0.25) is 9.69 Å². The van der Waals surface area contributed by atoms with Gasteiger partial charge in [0.2, 0.25) is 0 Å². The van der Waals surface area contributed by atoms with E-state index in [-0.39, 0.29) is 17.6 Å². The summed E-state index contributed by atoms with van der Waals surface area (Å²) in [5.74, 6) is 0.334. The predicted molar refractivity (Wildman–Crippen MR) is 144 cm³/mol. The molecule has 188 valence electrons. The number of carbonyl (C=O) groups excluding carboxylic acids is 1. The van der Waals surface area contributed by atoms with E-state index in [9.17, 15) is 9.90 Å². The van der Waals surface area contributed by atoms with Crippen molar-refractivity contribution < 1.29 is 14.6 Å². The zero-order chi connectivity index (χ0) is 25.3. The molecule has 36 heavy (non-hydrogen) atoms. The summed E-state index contributed by atoms with van der Waals surface area (Å²) in [5.41, 5.74) is 9.59. The summed E-state index contributed by atoms with van der Waals surface area (Å²) in [6.45, 7) is 4.60. The number of hydrogen-bond donors (Lipinski definition) is 2. The van der Waals surface area contributed by atoms with Gasteiger partial charge in [-0.15, -0.1) is 0 Å². The lowest BCUT2D eigenvalue weighted by molar-refractivity contribution is -0.115. The van der Waals surface area contributed by atoms with Crippen molar-refractivity contribution in [1.29, 1.82) is 0 Å². The molecule has 0 radical (unpaired) electrons. The molecule has 1 aliphatic rings. The number of carbonyl (C=O) groups is 1. The summed E-state index contributed by atoms with van der Waals surface area (Å²) < 4.78 is 5.12. The molecule has 1 heterocycles.